The van der Waals surface area contributed by atoms with Crippen LogP contribution in [0.5, 0.6) is 0 Å². The SMILES string of the molecule is CC(C)(C)C(=O)N1CCC(C(=O)OCCCN2C(=O)c3ccccc3C2=O)CC1. The van der Waals surface area contributed by atoms with E-state index in [1.807, 2.05) is 25.7 Å². The molecule has 0 unspecified atom stereocenters. The standard InChI is InChI=1S/C22H28N2O5/c1-22(2,3)21(28)23-12-9-15(10-13-23)20(27)29-14-6-11-24-18(25)16-7-4-5-8-17(16)19(24)26/h4-5,7-8,15H,6,9-14H2,1-3H3. The Kier molecular flexibility index (Phi) is 6.05. The lowest BCUT2D eigenvalue weighted by Crippen LogP contribution is -2.45. The topological polar surface area (TPSA) is 84.0 Å². The minimum absolute atomic E-state index is 0.102. The van der Waals surface area contributed by atoms with Gasteiger partial charge in [0.15, 0.2) is 0 Å². The van der Waals surface area contributed by atoms with E-state index in [2.05, 4.69) is 0 Å². The largest absolute Gasteiger partial charge is 0.465 e. The second-order valence-electron chi connectivity index (χ2n) is 8.65. The molecule has 3 rings (SSSR count). The Balaban J connectivity index is 1.40. The molecule has 1 saturated heterocycles. The number of imide groups is 1. The number of amides is 3. The van der Waals surface area contributed by atoms with Gasteiger partial charge in [-0.3, -0.25) is 24.1 Å². The number of benzene rings is 1. The van der Waals surface area contributed by atoms with Crippen LogP contribution in [0.4, 0.5) is 0 Å². The highest BCUT2D eigenvalue weighted by molar-refractivity contribution is 6.21. The molecule has 2 heterocycles. The second-order valence-corrected chi connectivity index (χ2v) is 8.65. The van der Waals surface area contributed by atoms with Gasteiger partial charge in [-0.2, -0.15) is 0 Å². The first-order chi connectivity index (χ1) is 13.7. The molecule has 0 radical (unpaired) electrons. The lowest BCUT2D eigenvalue weighted by Gasteiger charge is -2.35. The maximum absolute atomic E-state index is 12.3. The van der Waals surface area contributed by atoms with Crippen molar-refractivity contribution in [2.45, 2.75) is 40.0 Å². The molecule has 0 aliphatic carbocycles. The lowest BCUT2D eigenvalue weighted by molar-refractivity contribution is -0.153. The number of carbonyl (C=O) groups is 4. The molecule has 3 amide bonds. The molecule has 7 heteroatoms. The number of piperidine rings is 1. The first kappa shape index (κ1) is 21.0. The summed E-state index contributed by atoms with van der Waals surface area (Å²) in [7, 11) is 0. The number of ether oxygens (including phenoxy) is 1. The quantitative estimate of drug-likeness (QED) is 0.431. The highest BCUT2D eigenvalue weighted by atomic mass is 16.5. The first-order valence-corrected chi connectivity index (χ1v) is 10.1. The van der Waals surface area contributed by atoms with E-state index >= 15 is 0 Å². The Hall–Kier alpha value is -2.70. The Morgan fingerprint density at radius 3 is 2.10 bits per heavy atom. The van der Waals surface area contributed by atoms with Crippen molar-refractivity contribution in [2.75, 3.05) is 26.2 Å². The van der Waals surface area contributed by atoms with Gasteiger partial charge in [0, 0.05) is 25.0 Å². The van der Waals surface area contributed by atoms with Crippen molar-refractivity contribution in [1.82, 2.24) is 9.80 Å². The van der Waals surface area contributed by atoms with Crippen LogP contribution in [0.3, 0.4) is 0 Å². The molecule has 0 N–H and O–H groups in total. The Labute approximate surface area is 171 Å². The minimum atomic E-state index is -0.419. The number of hydrogen-bond acceptors (Lipinski definition) is 5. The van der Waals surface area contributed by atoms with E-state index in [1.165, 1.54) is 4.90 Å². The summed E-state index contributed by atoms with van der Waals surface area (Å²) in [5.74, 6) is -0.973. The zero-order valence-corrected chi connectivity index (χ0v) is 17.3. The monoisotopic (exact) mass is 400 g/mol. The van der Waals surface area contributed by atoms with Crippen molar-refractivity contribution in [3.8, 4) is 0 Å². The van der Waals surface area contributed by atoms with Gasteiger partial charge in [0.2, 0.25) is 5.91 Å². The highest BCUT2D eigenvalue weighted by Crippen LogP contribution is 2.25. The number of likely N-dealkylation sites (tertiary alicyclic amines) is 1. The van der Waals surface area contributed by atoms with Gasteiger partial charge in [0.1, 0.15) is 0 Å². The molecule has 7 nitrogen and oxygen atoms in total. The number of fused-ring (bicyclic) bond motifs is 1. The van der Waals surface area contributed by atoms with Gasteiger partial charge in [-0.15, -0.1) is 0 Å². The molecular weight excluding hydrogens is 372 g/mol. The molecule has 2 aliphatic rings. The first-order valence-electron chi connectivity index (χ1n) is 10.1. The average molecular weight is 400 g/mol. The smallest absolute Gasteiger partial charge is 0.309 e. The fourth-order valence-corrected chi connectivity index (χ4v) is 3.75. The average Bonchev–Trinajstić information content (AvgIpc) is 2.94. The van der Waals surface area contributed by atoms with E-state index in [1.54, 1.807) is 24.3 Å². The summed E-state index contributed by atoms with van der Waals surface area (Å²) in [6, 6.07) is 6.75. The predicted octanol–water partition coefficient (Wildman–Crippen LogP) is 2.50. The number of rotatable bonds is 5. The minimum Gasteiger partial charge on any atom is -0.465 e. The predicted molar refractivity (Wildman–Crippen MR) is 106 cm³/mol. The summed E-state index contributed by atoms with van der Waals surface area (Å²) in [5.41, 5.74) is 0.425. The third-order valence-corrected chi connectivity index (χ3v) is 5.41. The van der Waals surface area contributed by atoms with Crippen LogP contribution in [-0.2, 0) is 14.3 Å². The molecule has 0 saturated carbocycles. The van der Waals surface area contributed by atoms with E-state index in [9.17, 15) is 19.2 Å². The molecule has 29 heavy (non-hydrogen) atoms. The van der Waals surface area contributed by atoms with Gasteiger partial charge < -0.3 is 9.64 Å². The van der Waals surface area contributed by atoms with Crippen molar-refractivity contribution >= 4 is 23.7 Å². The number of nitrogens with zero attached hydrogens (tertiary/aromatic N) is 2. The molecule has 0 aromatic heterocycles. The fourth-order valence-electron chi connectivity index (χ4n) is 3.75. The van der Waals surface area contributed by atoms with Crippen molar-refractivity contribution in [2.24, 2.45) is 11.3 Å². The van der Waals surface area contributed by atoms with E-state index in [-0.39, 0.29) is 42.8 Å². The molecule has 1 aromatic carbocycles. The van der Waals surface area contributed by atoms with Crippen molar-refractivity contribution in [1.29, 1.82) is 0 Å². The van der Waals surface area contributed by atoms with Gasteiger partial charge in [0.25, 0.3) is 11.8 Å². The van der Waals surface area contributed by atoms with Crippen LogP contribution in [0.25, 0.3) is 0 Å². The van der Waals surface area contributed by atoms with Crippen LogP contribution >= 0.6 is 0 Å². The van der Waals surface area contributed by atoms with Crippen LogP contribution < -0.4 is 0 Å². The van der Waals surface area contributed by atoms with Gasteiger partial charge in [0.05, 0.1) is 23.7 Å². The summed E-state index contributed by atoms with van der Waals surface area (Å²) in [4.78, 5) is 52.2. The van der Waals surface area contributed by atoms with Gasteiger partial charge >= 0.3 is 5.97 Å². The summed E-state index contributed by atoms with van der Waals surface area (Å²) < 4.78 is 5.36. The van der Waals surface area contributed by atoms with Crippen LogP contribution in [0, 0.1) is 11.3 Å². The molecule has 0 spiro atoms. The molecule has 0 atom stereocenters. The molecule has 1 aromatic rings. The Morgan fingerprint density at radius 2 is 1.59 bits per heavy atom. The molecule has 0 bridgehead atoms. The van der Waals surface area contributed by atoms with E-state index in [0.717, 1.165) is 0 Å². The maximum atomic E-state index is 12.3. The Morgan fingerprint density at radius 1 is 1.03 bits per heavy atom. The molecule has 2 aliphatic heterocycles. The second kappa shape index (κ2) is 8.35. The van der Waals surface area contributed by atoms with Gasteiger partial charge in [-0.05, 0) is 31.4 Å². The van der Waals surface area contributed by atoms with E-state index < -0.39 is 5.41 Å². The van der Waals surface area contributed by atoms with Crippen molar-refractivity contribution in [3.05, 3.63) is 35.4 Å². The molecule has 1 fully saturated rings. The number of esters is 1. The van der Waals surface area contributed by atoms with Crippen molar-refractivity contribution < 1.29 is 23.9 Å². The number of carbonyl (C=O) groups excluding carboxylic acids is 4. The van der Waals surface area contributed by atoms with Crippen LogP contribution in [-0.4, -0.2) is 59.7 Å². The number of hydrogen-bond donors (Lipinski definition) is 0. The van der Waals surface area contributed by atoms with Crippen LogP contribution in [0.2, 0.25) is 0 Å². The van der Waals surface area contributed by atoms with Gasteiger partial charge in [-0.25, -0.2) is 0 Å². The summed E-state index contributed by atoms with van der Waals surface area (Å²) >= 11 is 0. The summed E-state index contributed by atoms with van der Waals surface area (Å²) in [6.45, 7) is 7.18. The zero-order chi connectivity index (χ0) is 21.2. The van der Waals surface area contributed by atoms with E-state index in [0.29, 0.717) is 43.5 Å². The summed E-state index contributed by atoms with van der Waals surface area (Å²) in [6.07, 6.45) is 1.59. The van der Waals surface area contributed by atoms with Crippen LogP contribution in [0.15, 0.2) is 24.3 Å². The van der Waals surface area contributed by atoms with Crippen LogP contribution in [0.1, 0.15) is 60.7 Å². The van der Waals surface area contributed by atoms with Gasteiger partial charge in [-0.1, -0.05) is 32.9 Å². The zero-order valence-electron chi connectivity index (χ0n) is 17.3. The third-order valence-electron chi connectivity index (χ3n) is 5.41. The molecular formula is C22H28N2O5. The lowest BCUT2D eigenvalue weighted by atomic mass is 9.91. The van der Waals surface area contributed by atoms with Crippen molar-refractivity contribution in [3.63, 3.8) is 0 Å². The normalized spacial score (nSPS) is 17.5. The highest BCUT2D eigenvalue weighted by Gasteiger charge is 2.35. The Bertz CT molecular complexity index is 784. The summed E-state index contributed by atoms with van der Waals surface area (Å²) in [5, 5.41) is 0. The van der Waals surface area contributed by atoms with E-state index in [4.69, 9.17) is 4.74 Å². The maximum Gasteiger partial charge on any atom is 0.309 e. The fraction of sp³-hybridized carbons (Fsp3) is 0.545. The third kappa shape index (κ3) is 4.49. The molecule has 156 valence electrons.